The maximum Gasteiger partial charge on any atom is 0.293 e. The van der Waals surface area contributed by atoms with Crippen LogP contribution in [0.5, 0.6) is 17.2 Å². The number of anilines is 1. The number of amides is 3. The van der Waals surface area contributed by atoms with Crippen LogP contribution in [0.25, 0.3) is 16.8 Å². The molecule has 0 spiro atoms. The number of imide groups is 1. The number of nitrogens with one attached hydrogen (secondary N) is 1. The van der Waals surface area contributed by atoms with E-state index in [-0.39, 0.29) is 36.8 Å². The molecule has 0 saturated carbocycles. The van der Waals surface area contributed by atoms with E-state index in [1.54, 1.807) is 24.3 Å². The Hall–Kier alpha value is -4.76. The molecule has 1 aliphatic heterocycles. The highest BCUT2D eigenvalue weighted by Gasteiger charge is 2.34. The minimum Gasteiger partial charge on any atom is -0.493 e. The molecule has 41 heavy (non-hydrogen) atoms. The zero-order valence-electron chi connectivity index (χ0n) is 22.6. The van der Waals surface area contributed by atoms with Gasteiger partial charge in [-0.25, -0.2) is 0 Å². The molecule has 1 aliphatic rings. The van der Waals surface area contributed by atoms with Crippen molar-refractivity contribution in [2.75, 3.05) is 32.2 Å². The summed E-state index contributed by atoms with van der Waals surface area (Å²) in [6.07, 6.45) is 1.63. The Morgan fingerprint density at radius 3 is 2.51 bits per heavy atom. The number of carbonyl (C=O) groups excluding carboxylic acids is 3. The maximum atomic E-state index is 13.0. The average Bonchev–Trinajstić information content (AvgIpc) is 3.25. The Kier molecular flexibility index (Phi) is 8.55. The third-order valence-corrected chi connectivity index (χ3v) is 7.37. The van der Waals surface area contributed by atoms with E-state index in [9.17, 15) is 14.4 Å². The molecule has 0 unspecified atom stereocenters. The monoisotopic (exact) mass is 568 g/mol. The van der Waals surface area contributed by atoms with E-state index in [0.717, 1.165) is 33.8 Å². The molecule has 0 aromatic heterocycles. The lowest BCUT2D eigenvalue weighted by atomic mass is 10.1. The Labute approximate surface area is 241 Å². The Morgan fingerprint density at radius 2 is 1.68 bits per heavy atom. The lowest BCUT2D eigenvalue weighted by Crippen LogP contribution is -2.32. The fourth-order valence-electron chi connectivity index (χ4n) is 4.35. The van der Waals surface area contributed by atoms with Gasteiger partial charge in [0.2, 0.25) is 0 Å². The zero-order valence-corrected chi connectivity index (χ0v) is 23.4. The molecule has 9 heteroatoms. The van der Waals surface area contributed by atoms with E-state index in [4.69, 9.17) is 14.2 Å². The van der Waals surface area contributed by atoms with Crippen LogP contribution in [0.3, 0.4) is 0 Å². The van der Waals surface area contributed by atoms with Crippen molar-refractivity contribution in [3.05, 3.63) is 101 Å². The van der Waals surface area contributed by atoms with Crippen molar-refractivity contribution in [1.82, 2.24) is 4.90 Å². The number of aryl methyl sites for hydroxylation is 1. The van der Waals surface area contributed by atoms with E-state index in [1.807, 2.05) is 73.7 Å². The molecule has 1 fully saturated rings. The first-order valence-corrected chi connectivity index (χ1v) is 13.8. The first-order chi connectivity index (χ1) is 19.9. The molecular weight excluding hydrogens is 540 g/mol. The number of hydrogen-bond acceptors (Lipinski definition) is 7. The SMILES string of the molecule is COc1cc(/C=C2\SC(=O)N(CCOc3cccc4ccccc34)C2=O)ccc1OCC(=O)Nc1ccccc1C. The Morgan fingerprint density at radius 1 is 0.902 bits per heavy atom. The minimum atomic E-state index is -0.381. The summed E-state index contributed by atoms with van der Waals surface area (Å²) < 4.78 is 17.0. The highest BCUT2D eigenvalue weighted by Crippen LogP contribution is 2.35. The van der Waals surface area contributed by atoms with Gasteiger partial charge in [-0.05, 0) is 65.5 Å². The number of thioether (sulfide) groups is 1. The summed E-state index contributed by atoms with van der Waals surface area (Å²) in [5.41, 5.74) is 2.32. The van der Waals surface area contributed by atoms with Gasteiger partial charge in [-0.1, -0.05) is 60.7 Å². The van der Waals surface area contributed by atoms with Crippen LogP contribution in [-0.4, -0.2) is 48.8 Å². The summed E-state index contributed by atoms with van der Waals surface area (Å²) in [6.45, 7) is 2.01. The van der Waals surface area contributed by atoms with Crippen molar-refractivity contribution < 1.29 is 28.6 Å². The van der Waals surface area contributed by atoms with Crippen LogP contribution in [0.4, 0.5) is 10.5 Å². The van der Waals surface area contributed by atoms with E-state index in [1.165, 1.54) is 12.0 Å². The first kappa shape index (κ1) is 27.8. The summed E-state index contributed by atoms with van der Waals surface area (Å²) in [6, 6.07) is 26.2. The summed E-state index contributed by atoms with van der Waals surface area (Å²) >= 11 is 0.877. The highest BCUT2D eigenvalue weighted by molar-refractivity contribution is 8.18. The lowest BCUT2D eigenvalue weighted by molar-refractivity contribution is -0.123. The summed E-state index contributed by atoms with van der Waals surface area (Å²) in [7, 11) is 1.49. The smallest absolute Gasteiger partial charge is 0.293 e. The van der Waals surface area contributed by atoms with Crippen LogP contribution in [0.2, 0.25) is 0 Å². The van der Waals surface area contributed by atoms with E-state index < -0.39 is 0 Å². The highest BCUT2D eigenvalue weighted by atomic mass is 32.2. The van der Waals surface area contributed by atoms with Crippen LogP contribution >= 0.6 is 11.8 Å². The summed E-state index contributed by atoms with van der Waals surface area (Å²) in [4.78, 5) is 39.5. The Balaban J connectivity index is 1.19. The number of fused-ring (bicyclic) bond motifs is 1. The second-order valence-corrected chi connectivity index (χ2v) is 10.2. The van der Waals surface area contributed by atoms with Gasteiger partial charge in [0, 0.05) is 11.1 Å². The number of rotatable bonds is 10. The van der Waals surface area contributed by atoms with Crippen molar-refractivity contribution >= 4 is 51.4 Å². The molecule has 0 radical (unpaired) electrons. The zero-order chi connectivity index (χ0) is 28.8. The molecule has 0 aliphatic carbocycles. The largest absolute Gasteiger partial charge is 0.493 e. The normalized spacial score (nSPS) is 14.0. The molecular formula is C32H28N2O6S. The number of carbonyl (C=O) groups is 3. The standard InChI is InChI=1S/C32H28N2O6S/c1-21-8-3-6-12-25(21)33-30(35)20-40-27-15-14-22(18-28(27)38-2)19-29-31(36)34(32(37)41-29)16-17-39-26-13-7-10-23-9-4-5-11-24(23)26/h3-15,18-19H,16-17,20H2,1-2H3,(H,33,35)/b29-19-. The van der Waals surface area contributed by atoms with Gasteiger partial charge in [0.05, 0.1) is 18.6 Å². The molecule has 1 saturated heterocycles. The molecule has 3 amide bonds. The summed E-state index contributed by atoms with van der Waals surface area (Å²) in [5.74, 6) is 0.790. The van der Waals surface area contributed by atoms with Crippen molar-refractivity contribution in [3.8, 4) is 17.2 Å². The second-order valence-electron chi connectivity index (χ2n) is 9.22. The number of para-hydroxylation sites is 1. The van der Waals surface area contributed by atoms with E-state index >= 15 is 0 Å². The molecule has 4 aromatic rings. The number of benzene rings is 4. The molecule has 1 heterocycles. The third kappa shape index (κ3) is 6.53. The van der Waals surface area contributed by atoms with Gasteiger partial charge < -0.3 is 19.5 Å². The van der Waals surface area contributed by atoms with Gasteiger partial charge in [-0.3, -0.25) is 19.3 Å². The van der Waals surface area contributed by atoms with Crippen molar-refractivity contribution in [2.24, 2.45) is 0 Å². The van der Waals surface area contributed by atoms with Crippen LogP contribution in [0, 0.1) is 6.92 Å². The van der Waals surface area contributed by atoms with Crippen molar-refractivity contribution in [3.63, 3.8) is 0 Å². The first-order valence-electron chi connectivity index (χ1n) is 12.9. The van der Waals surface area contributed by atoms with Gasteiger partial charge in [-0.15, -0.1) is 0 Å². The minimum absolute atomic E-state index is 0.131. The average molecular weight is 569 g/mol. The van der Waals surface area contributed by atoms with Crippen molar-refractivity contribution in [2.45, 2.75) is 6.92 Å². The Bertz CT molecular complexity index is 1650. The van der Waals surface area contributed by atoms with E-state index in [2.05, 4.69) is 5.32 Å². The summed E-state index contributed by atoms with van der Waals surface area (Å²) in [5, 5.41) is 4.49. The molecule has 5 rings (SSSR count). The predicted molar refractivity (Wildman–Crippen MR) is 160 cm³/mol. The quantitative estimate of drug-likeness (QED) is 0.225. The molecule has 208 valence electrons. The fourth-order valence-corrected chi connectivity index (χ4v) is 5.21. The molecule has 8 nitrogen and oxygen atoms in total. The van der Waals surface area contributed by atoms with E-state index in [0.29, 0.717) is 27.7 Å². The lowest BCUT2D eigenvalue weighted by Gasteiger charge is -2.14. The molecule has 4 aromatic carbocycles. The van der Waals surface area contributed by atoms with Crippen LogP contribution < -0.4 is 19.5 Å². The number of nitrogens with zero attached hydrogens (tertiary/aromatic N) is 1. The number of methoxy groups -OCH3 is 1. The van der Waals surface area contributed by atoms with Crippen LogP contribution in [0.15, 0.2) is 89.8 Å². The molecule has 0 atom stereocenters. The van der Waals surface area contributed by atoms with Crippen LogP contribution in [-0.2, 0) is 9.59 Å². The van der Waals surface area contributed by atoms with Gasteiger partial charge >= 0.3 is 0 Å². The van der Waals surface area contributed by atoms with Gasteiger partial charge in [0.25, 0.3) is 17.1 Å². The van der Waals surface area contributed by atoms with Gasteiger partial charge in [0.15, 0.2) is 18.1 Å². The van der Waals surface area contributed by atoms with Crippen LogP contribution in [0.1, 0.15) is 11.1 Å². The fraction of sp³-hybridized carbons (Fsp3) is 0.156. The molecule has 0 bridgehead atoms. The molecule has 1 N–H and O–H groups in total. The van der Waals surface area contributed by atoms with Crippen molar-refractivity contribution in [1.29, 1.82) is 0 Å². The second kappa shape index (κ2) is 12.6. The number of hydrogen-bond donors (Lipinski definition) is 1. The third-order valence-electron chi connectivity index (χ3n) is 6.46. The topological polar surface area (TPSA) is 94.2 Å². The maximum absolute atomic E-state index is 13.0. The van der Waals surface area contributed by atoms with Gasteiger partial charge in [0.1, 0.15) is 12.4 Å². The number of ether oxygens (including phenoxy) is 3. The predicted octanol–water partition coefficient (Wildman–Crippen LogP) is 6.29. The van der Waals surface area contributed by atoms with Gasteiger partial charge in [-0.2, -0.15) is 0 Å².